The van der Waals surface area contributed by atoms with Crippen LogP contribution in [0.2, 0.25) is 0 Å². The molecule has 188 valence electrons. The first-order valence-electron chi connectivity index (χ1n) is 12.2. The maximum absolute atomic E-state index is 14.8. The maximum Gasteiger partial charge on any atom is 0.247 e. The summed E-state index contributed by atoms with van der Waals surface area (Å²) in [5.41, 5.74) is 3.68. The third-order valence-corrected chi connectivity index (χ3v) is 6.38. The molecule has 4 aromatic rings. The van der Waals surface area contributed by atoms with E-state index in [0.29, 0.717) is 17.3 Å². The Balaban J connectivity index is 1.37. The number of benzene rings is 3. The Kier molecular flexibility index (Phi) is 7.09. The zero-order valence-corrected chi connectivity index (χ0v) is 20.6. The van der Waals surface area contributed by atoms with Gasteiger partial charge >= 0.3 is 0 Å². The largest absolute Gasteiger partial charge is 0.487 e. The lowest BCUT2D eigenvalue weighted by Gasteiger charge is -2.29. The molecular weight excluding hydrogens is 469 g/mol. The Labute approximate surface area is 215 Å². The molecule has 1 saturated heterocycles. The highest BCUT2D eigenvalue weighted by Gasteiger charge is 2.19. The number of carbonyl (C=O) groups excluding carboxylic acids is 1. The fourth-order valence-corrected chi connectivity index (χ4v) is 4.39. The molecule has 0 spiro atoms. The summed E-state index contributed by atoms with van der Waals surface area (Å²) < 4.78 is 20.7. The molecule has 0 bridgehead atoms. The third-order valence-electron chi connectivity index (χ3n) is 6.38. The van der Waals surface area contributed by atoms with Gasteiger partial charge in [-0.25, -0.2) is 14.4 Å². The van der Waals surface area contributed by atoms with Gasteiger partial charge in [0.25, 0.3) is 0 Å². The SMILES string of the molecule is C=CC(=O)Nc1cccc(-c2cccc3cnc(Nc4ccc(OC5CCN(C)CC5)c(F)c4)nc23)c1. The number of rotatable bonds is 7. The van der Waals surface area contributed by atoms with Crippen molar-refractivity contribution in [2.45, 2.75) is 18.9 Å². The van der Waals surface area contributed by atoms with Crippen LogP contribution in [0.5, 0.6) is 5.75 Å². The molecule has 7 nitrogen and oxygen atoms in total. The summed E-state index contributed by atoms with van der Waals surface area (Å²) in [4.78, 5) is 23.1. The predicted octanol–water partition coefficient (Wildman–Crippen LogP) is 5.78. The number of piperidine rings is 1. The van der Waals surface area contributed by atoms with E-state index < -0.39 is 5.82 Å². The number of nitrogens with zero attached hydrogens (tertiary/aromatic N) is 3. The summed E-state index contributed by atoms with van der Waals surface area (Å²) >= 11 is 0. The molecule has 1 aliphatic rings. The minimum Gasteiger partial charge on any atom is -0.487 e. The van der Waals surface area contributed by atoms with Gasteiger partial charge in [-0.2, -0.15) is 0 Å². The van der Waals surface area contributed by atoms with Gasteiger partial charge in [0.1, 0.15) is 6.10 Å². The molecule has 0 atom stereocenters. The molecular formula is C29H28FN5O2. The molecule has 2 heterocycles. The molecule has 0 radical (unpaired) electrons. The average molecular weight is 498 g/mol. The van der Waals surface area contributed by atoms with E-state index in [1.807, 2.05) is 42.5 Å². The molecule has 0 saturated carbocycles. The lowest BCUT2D eigenvalue weighted by molar-refractivity contribution is -0.111. The molecule has 1 amide bonds. The Morgan fingerprint density at radius 2 is 1.92 bits per heavy atom. The summed E-state index contributed by atoms with van der Waals surface area (Å²) in [7, 11) is 2.08. The molecule has 1 aliphatic heterocycles. The van der Waals surface area contributed by atoms with Crippen LogP contribution in [0.15, 0.2) is 79.5 Å². The second-order valence-corrected chi connectivity index (χ2v) is 9.10. The minimum absolute atomic E-state index is 0.0235. The van der Waals surface area contributed by atoms with E-state index in [-0.39, 0.29) is 17.8 Å². The normalized spacial score (nSPS) is 14.3. The van der Waals surface area contributed by atoms with Gasteiger partial charge in [-0.3, -0.25) is 4.79 Å². The predicted molar refractivity (Wildman–Crippen MR) is 145 cm³/mol. The van der Waals surface area contributed by atoms with E-state index in [4.69, 9.17) is 9.72 Å². The van der Waals surface area contributed by atoms with Gasteiger partial charge in [-0.05, 0) is 55.8 Å². The van der Waals surface area contributed by atoms with E-state index in [2.05, 4.69) is 34.1 Å². The van der Waals surface area contributed by atoms with Crippen molar-refractivity contribution < 1.29 is 13.9 Å². The summed E-state index contributed by atoms with van der Waals surface area (Å²) in [6.07, 6.45) is 4.74. The van der Waals surface area contributed by atoms with Crippen LogP contribution in [0.25, 0.3) is 22.0 Å². The zero-order valence-electron chi connectivity index (χ0n) is 20.6. The van der Waals surface area contributed by atoms with Crippen LogP contribution in [0, 0.1) is 5.82 Å². The lowest BCUT2D eigenvalue weighted by Crippen LogP contribution is -2.35. The van der Waals surface area contributed by atoms with E-state index in [0.717, 1.165) is 48.0 Å². The Hall–Kier alpha value is -4.30. The number of aromatic nitrogens is 2. The van der Waals surface area contributed by atoms with Crippen molar-refractivity contribution in [2.75, 3.05) is 30.8 Å². The molecule has 1 fully saturated rings. The van der Waals surface area contributed by atoms with Crippen molar-refractivity contribution in [2.24, 2.45) is 0 Å². The zero-order chi connectivity index (χ0) is 25.8. The molecule has 3 aromatic carbocycles. The summed E-state index contributed by atoms with van der Waals surface area (Å²) in [5, 5.41) is 6.74. The number of amides is 1. The third kappa shape index (κ3) is 5.76. The second-order valence-electron chi connectivity index (χ2n) is 9.10. The number of hydrogen-bond donors (Lipinski definition) is 2. The minimum atomic E-state index is -0.427. The standard InChI is InChI=1S/C29H28FN5O2/c1-3-27(36)32-21-8-4-6-19(16-21)24-9-5-7-20-18-31-29(34-28(20)24)33-22-10-11-26(25(30)17-22)37-23-12-14-35(2)15-13-23/h3-11,16-18,23H,1,12-15H2,2H3,(H,32,36)(H,31,33,34). The summed E-state index contributed by atoms with van der Waals surface area (Å²) in [6, 6.07) is 18.1. The van der Waals surface area contributed by atoms with Crippen LogP contribution in [0.3, 0.4) is 0 Å². The molecule has 1 aromatic heterocycles. The smallest absolute Gasteiger partial charge is 0.247 e. The fourth-order valence-electron chi connectivity index (χ4n) is 4.39. The van der Waals surface area contributed by atoms with Crippen LogP contribution in [-0.2, 0) is 4.79 Å². The number of ether oxygens (including phenoxy) is 1. The van der Waals surface area contributed by atoms with Crippen molar-refractivity contribution in [3.8, 4) is 16.9 Å². The van der Waals surface area contributed by atoms with E-state index >= 15 is 0 Å². The molecule has 0 aliphatic carbocycles. The number of carbonyl (C=O) groups is 1. The van der Waals surface area contributed by atoms with Gasteiger partial charge in [-0.15, -0.1) is 0 Å². The van der Waals surface area contributed by atoms with Crippen molar-refractivity contribution in [1.82, 2.24) is 14.9 Å². The molecule has 37 heavy (non-hydrogen) atoms. The first-order chi connectivity index (χ1) is 18.0. The van der Waals surface area contributed by atoms with Crippen LogP contribution in [0.4, 0.5) is 21.7 Å². The van der Waals surface area contributed by atoms with Crippen LogP contribution < -0.4 is 15.4 Å². The number of likely N-dealkylation sites (tertiary alicyclic amines) is 1. The van der Waals surface area contributed by atoms with Gasteiger partial charge in [0.2, 0.25) is 11.9 Å². The molecule has 2 N–H and O–H groups in total. The highest BCUT2D eigenvalue weighted by Crippen LogP contribution is 2.31. The number of anilines is 3. The van der Waals surface area contributed by atoms with Crippen molar-refractivity contribution in [1.29, 1.82) is 0 Å². The Morgan fingerprint density at radius 3 is 2.70 bits per heavy atom. The maximum atomic E-state index is 14.8. The molecule has 5 rings (SSSR count). The monoisotopic (exact) mass is 497 g/mol. The second kappa shape index (κ2) is 10.8. The number of fused-ring (bicyclic) bond motifs is 1. The van der Waals surface area contributed by atoms with Gasteiger partial charge < -0.3 is 20.3 Å². The Morgan fingerprint density at radius 1 is 1.11 bits per heavy atom. The van der Waals surface area contributed by atoms with Gasteiger partial charge in [0.15, 0.2) is 11.6 Å². The van der Waals surface area contributed by atoms with Crippen molar-refractivity contribution >= 4 is 34.1 Å². The highest BCUT2D eigenvalue weighted by atomic mass is 19.1. The van der Waals surface area contributed by atoms with E-state index in [1.54, 1.807) is 18.3 Å². The summed E-state index contributed by atoms with van der Waals surface area (Å²) in [6.45, 7) is 5.38. The molecule has 0 unspecified atom stereocenters. The first kappa shape index (κ1) is 24.4. The highest BCUT2D eigenvalue weighted by molar-refractivity contribution is 6.00. The topological polar surface area (TPSA) is 79.4 Å². The Bertz CT molecular complexity index is 1450. The van der Waals surface area contributed by atoms with Crippen molar-refractivity contribution in [3.05, 3.63) is 85.3 Å². The van der Waals surface area contributed by atoms with Crippen LogP contribution in [0.1, 0.15) is 12.8 Å². The summed E-state index contributed by atoms with van der Waals surface area (Å²) in [5.74, 6) is -0.104. The lowest BCUT2D eigenvalue weighted by atomic mass is 10.0. The number of para-hydroxylation sites is 1. The quantitative estimate of drug-likeness (QED) is 0.315. The van der Waals surface area contributed by atoms with Crippen LogP contribution in [-0.4, -0.2) is 47.0 Å². The number of nitrogens with one attached hydrogen (secondary N) is 2. The van der Waals surface area contributed by atoms with Gasteiger partial charge in [0.05, 0.1) is 5.52 Å². The van der Waals surface area contributed by atoms with Gasteiger partial charge in [0, 0.05) is 47.7 Å². The van der Waals surface area contributed by atoms with Crippen LogP contribution >= 0.6 is 0 Å². The van der Waals surface area contributed by atoms with E-state index in [9.17, 15) is 9.18 Å². The number of halogens is 1. The van der Waals surface area contributed by atoms with Crippen molar-refractivity contribution in [3.63, 3.8) is 0 Å². The number of hydrogen-bond acceptors (Lipinski definition) is 6. The fraction of sp³-hybridized carbons (Fsp3) is 0.207. The van der Waals surface area contributed by atoms with Gasteiger partial charge in [-0.1, -0.05) is 36.9 Å². The molecule has 8 heteroatoms. The van der Waals surface area contributed by atoms with E-state index in [1.165, 1.54) is 12.1 Å². The first-order valence-corrected chi connectivity index (χ1v) is 12.2. The average Bonchev–Trinajstić information content (AvgIpc) is 2.91.